The predicted octanol–water partition coefficient (Wildman–Crippen LogP) is 4.09. The maximum atomic E-state index is 11.3. The third-order valence-electron chi connectivity index (χ3n) is 3.46. The van der Waals surface area contributed by atoms with Gasteiger partial charge in [-0.3, -0.25) is 4.79 Å². The first kappa shape index (κ1) is 15.6. The zero-order valence-corrected chi connectivity index (χ0v) is 13.9. The van der Waals surface area contributed by atoms with Crippen LogP contribution in [0.15, 0.2) is 27.8 Å². The van der Waals surface area contributed by atoms with E-state index >= 15 is 0 Å². The van der Waals surface area contributed by atoms with Crippen LogP contribution in [0.4, 0.5) is 0 Å². The molecule has 1 fully saturated rings. The first-order valence-electron chi connectivity index (χ1n) is 6.60. The molecule has 5 nitrogen and oxygen atoms in total. The van der Waals surface area contributed by atoms with Crippen LogP contribution < -0.4 is 0 Å². The van der Waals surface area contributed by atoms with Crippen molar-refractivity contribution in [3.63, 3.8) is 0 Å². The molecule has 0 amide bonds. The number of nitrogens with zero attached hydrogens (tertiary/aromatic N) is 2. The van der Waals surface area contributed by atoms with Crippen LogP contribution in [0.1, 0.15) is 12.8 Å². The summed E-state index contributed by atoms with van der Waals surface area (Å²) in [6.07, 6.45) is 1.52. The standard InChI is InChI=1S/C14H12Cl2N2O3S/c1-20-13(19)7-4-9(5-7)22-14-18-17-12(21-14)10-3-2-8(15)6-11(10)16/h2-3,6-7,9H,4-5H2,1H3. The first-order chi connectivity index (χ1) is 10.6. The zero-order chi connectivity index (χ0) is 15.7. The summed E-state index contributed by atoms with van der Waals surface area (Å²) >= 11 is 13.4. The molecule has 0 radical (unpaired) electrons. The monoisotopic (exact) mass is 358 g/mol. The van der Waals surface area contributed by atoms with Crippen LogP contribution in [-0.2, 0) is 9.53 Å². The van der Waals surface area contributed by atoms with Crippen molar-refractivity contribution in [3.05, 3.63) is 28.2 Å². The third kappa shape index (κ3) is 3.24. The van der Waals surface area contributed by atoms with Gasteiger partial charge in [-0.05, 0) is 31.0 Å². The van der Waals surface area contributed by atoms with Crippen molar-refractivity contribution in [3.8, 4) is 11.5 Å². The topological polar surface area (TPSA) is 65.2 Å². The molecule has 1 aliphatic rings. The Hall–Kier alpha value is -1.24. The number of benzene rings is 1. The van der Waals surface area contributed by atoms with E-state index < -0.39 is 0 Å². The molecule has 1 aromatic carbocycles. The highest BCUT2D eigenvalue weighted by atomic mass is 35.5. The zero-order valence-electron chi connectivity index (χ0n) is 11.6. The van der Waals surface area contributed by atoms with Gasteiger partial charge in [0, 0.05) is 10.3 Å². The van der Waals surface area contributed by atoms with Crippen molar-refractivity contribution < 1.29 is 13.9 Å². The van der Waals surface area contributed by atoms with Gasteiger partial charge in [0.05, 0.1) is 23.6 Å². The van der Waals surface area contributed by atoms with Gasteiger partial charge in [-0.15, -0.1) is 10.2 Å². The van der Waals surface area contributed by atoms with Crippen molar-refractivity contribution in [1.29, 1.82) is 0 Å². The minimum Gasteiger partial charge on any atom is -0.469 e. The van der Waals surface area contributed by atoms with Crippen LogP contribution in [0.2, 0.25) is 10.0 Å². The molecule has 1 aliphatic carbocycles. The second-order valence-electron chi connectivity index (χ2n) is 4.93. The van der Waals surface area contributed by atoms with Gasteiger partial charge in [0.15, 0.2) is 0 Å². The highest BCUT2D eigenvalue weighted by molar-refractivity contribution is 7.99. The molecule has 0 saturated heterocycles. The van der Waals surface area contributed by atoms with Gasteiger partial charge in [-0.1, -0.05) is 35.0 Å². The normalized spacial score (nSPS) is 20.5. The molecule has 22 heavy (non-hydrogen) atoms. The van der Waals surface area contributed by atoms with Gasteiger partial charge in [-0.2, -0.15) is 0 Å². The van der Waals surface area contributed by atoms with E-state index in [0.717, 1.165) is 12.8 Å². The van der Waals surface area contributed by atoms with E-state index in [1.807, 2.05) is 0 Å². The molecule has 3 rings (SSSR count). The molecular formula is C14H12Cl2N2O3S. The van der Waals surface area contributed by atoms with Crippen molar-refractivity contribution in [1.82, 2.24) is 10.2 Å². The van der Waals surface area contributed by atoms with Crippen molar-refractivity contribution in [2.24, 2.45) is 5.92 Å². The summed E-state index contributed by atoms with van der Waals surface area (Å²) in [5.74, 6) is 0.180. The number of carbonyl (C=O) groups excluding carboxylic acids is 1. The summed E-state index contributed by atoms with van der Waals surface area (Å²) in [4.78, 5) is 11.3. The molecule has 2 aromatic rings. The third-order valence-corrected chi connectivity index (χ3v) is 5.10. The minimum absolute atomic E-state index is 0.0180. The van der Waals surface area contributed by atoms with E-state index in [9.17, 15) is 4.79 Å². The van der Waals surface area contributed by atoms with E-state index in [0.29, 0.717) is 26.7 Å². The number of hydrogen-bond donors (Lipinski definition) is 0. The van der Waals surface area contributed by atoms with Gasteiger partial charge in [0.25, 0.3) is 5.22 Å². The maximum absolute atomic E-state index is 11.3. The fourth-order valence-electron chi connectivity index (χ4n) is 2.19. The van der Waals surface area contributed by atoms with Crippen LogP contribution >= 0.6 is 35.0 Å². The number of esters is 1. The van der Waals surface area contributed by atoms with E-state index in [-0.39, 0.29) is 17.1 Å². The van der Waals surface area contributed by atoms with Gasteiger partial charge in [-0.25, -0.2) is 0 Å². The van der Waals surface area contributed by atoms with Gasteiger partial charge in [0.1, 0.15) is 0 Å². The molecule has 116 valence electrons. The fourth-order valence-corrected chi connectivity index (χ4v) is 3.84. The number of methoxy groups -OCH3 is 1. The average molecular weight is 359 g/mol. The van der Waals surface area contributed by atoms with Gasteiger partial charge < -0.3 is 9.15 Å². The summed E-state index contributed by atoms with van der Waals surface area (Å²) in [6, 6.07) is 5.08. The lowest BCUT2D eigenvalue weighted by Gasteiger charge is -2.31. The van der Waals surface area contributed by atoms with Crippen LogP contribution in [0.3, 0.4) is 0 Å². The Labute approximate surface area is 141 Å². The Morgan fingerprint density at radius 3 is 2.82 bits per heavy atom. The number of halogens is 2. The Morgan fingerprint density at radius 1 is 1.36 bits per heavy atom. The number of carbonyl (C=O) groups is 1. The van der Waals surface area contributed by atoms with E-state index in [1.165, 1.54) is 18.9 Å². The molecule has 0 N–H and O–H groups in total. The van der Waals surface area contributed by atoms with Crippen molar-refractivity contribution in [2.75, 3.05) is 7.11 Å². The highest BCUT2D eigenvalue weighted by Gasteiger charge is 2.36. The predicted molar refractivity (Wildman–Crippen MR) is 84.1 cm³/mol. The van der Waals surface area contributed by atoms with E-state index in [1.54, 1.807) is 18.2 Å². The molecular weight excluding hydrogens is 347 g/mol. The summed E-state index contributed by atoms with van der Waals surface area (Å²) in [5, 5.41) is 9.77. The molecule has 8 heteroatoms. The molecule has 0 unspecified atom stereocenters. The Kier molecular flexibility index (Phi) is 4.61. The lowest BCUT2D eigenvalue weighted by atomic mass is 9.85. The maximum Gasteiger partial charge on any atom is 0.308 e. The summed E-state index contributed by atoms with van der Waals surface area (Å²) < 4.78 is 10.3. The van der Waals surface area contributed by atoms with Crippen LogP contribution in [-0.4, -0.2) is 28.5 Å². The number of thioether (sulfide) groups is 1. The second-order valence-corrected chi connectivity index (χ2v) is 7.02. The van der Waals surface area contributed by atoms with Crippen LogP contribution in [0, 0.1) is 5.92 Å². The SMILES string of the molecule is COC(=O)C1CC(Sc2nnc(-c3ccc(Cl)cc3Cl)o2)C1. The smallest absolute Gasteiger partial charge is 0.308 e. The minimum atomic E-state index is -0.156. The van der Waals surface area contributed by atoms with E-state index in [2.05, 4.69) is 10.2 Å². The number of rotatable bonds is 4. The van der Waals surface area contributed by atoms with Gasteiger partial charge >= 0.3 is 5.97 Å². The summed E-state index contributed by atoms with van der Waals surface area (Å²) in [6.45, 7) is 0. The lowest BCUT2D eigenvalue weighted by Crippen LogP contribution is -2.33. The average Bonchev–Trinajstić information content (AvgIpc) is 2.90. The van der Waals surface area contributed by atoms with E-state index in [4.69, 9.17) is 32.4 Å². The fraction of sp³-hybridized carbons (Fsp3) is 0.357. The molecule has 0 atom stereocenters. The van der Waals surface area contributed by atoms with Crippen LogP contribution in [0.5, 0.6) is 0 Å². The van der Waals surface area contributed by atoms with Crippen molar-refractivity contribution >= 4 is 40.9 Å². The summed E-state index contributed by atoms with van der Waals surface area (Å²) in [5.41, 5.74) is 0.645. The molecule has 1 aromatic heterocycles. The molecule has 0 spiro atoms. The van der Waals surface area contributed by atoms with Crippen LogP contribution in [0.25, 0.3) is 11.5 Å². The Morgan fingerprint density at radius 2 is 2.14 bits per heavy atom. The number of aromatic nitrogens is 2. The number of hydrogen-bond acceptors (Lipinski definition) is 6. The summed E-state index contributed by atoms with van der Waals surface area (Å²) in [7, 11) is 1.41. The van der Waals surface area contributed by atoms with Gasteiger partial charge in [0.2, 0.25) is 5.89 Å². The molecule has 0 bridgehead atoms. The van der Waals surface area contributed by atoms with Crippen molar-refractivity contribution in [2.45, 2.75) is 23.3 Å². The Bertz CT molecular complexity index is 701. The largest absolute Gasteiger partial charge is 0.469 e. The molecule has 0 aliphatic heterocycles. The molecule has 1 saturated carbocycles. The first-order valence-corrected chi connectivity index (χ1v) is 8.24. The lowest BCUT2D eigenvalue weighted by molar-refractivity contribution is -0.148. The molecule has 1 heterocycles. The quantitative estimate of drug-likeness (QED) is 0.767. The highest BCUT2D eigenvalue weighted by Crippen LogP contribution is 2.41. The second kappa shape index (κ2) is 6.48. The Balaban J connectivity index is 1.64. The number of ether oxygens (including phenoxy) is 1.